The molecule has 4 heteroatoms. The summed E-state index contributed by atoms with van der Waals surface area (Å²) >= 11 is 0. The van der Waals surface area contributed by atoms with Crippen LogP contribution in [0.1, 0.15) is 25.3 Å². The summed E-state index contributed by atoms with van der Waals surface area (Å²) in [7, 11) is 0. The van der Waals surface area contributed by atoms with Gasteiger partial charge in [0.2, 0.25) is 5.91 Å². The van der Waals surface area contributed by atoms with Gasteiger partial charge in [0.05, 0.1) is 5.52 Å². The van der Waals surface area contributed by atoms with Crippen LogP contribution in [0.5, 0.6) is 0 Å². The van der Waals surface area contributed by atoms with E-state index >= 15 is 0 Å². The number of pyridine rings is 1. The summed E-state index contributed by atoms with van der Waals surface area (Å²) in [6, 6.07) is 10.1. The Morgan fingerprint density at radius 2 is 2.17 bits per heavy atom. The lowest BCUT2D eigenvalue weighted by molar-refractivity contribution is -0.130. The van der Waals surface area contributed by atoms with Crippen LogP contribution in [-0.2, 0) is 4.79 Å². The summed E-state index contributed by atoms with van der Waals surface area (Å²) in [5.41, 5.74) is 1.85. The smallest absolute Gasteiger partial charge is 0.246 e. The molecule has 2 unspecified atom stereocenters. The Balaban J connectivity index is 1.79. The molecular formula is C19H22N2O2. The molecule has 23 heavy (non-hydrogen) atoms. The number of rotatable bonds is 3. The Hall–Kier alpha value is -2.20. The van der Waals surface area contributed by atoms with Crippen molar-refractivity contribution in [1.29, 1.82) is 0 Å². The van der Waals surface area contributed by atoms with E-state index in [4.69, 9.17) is 0 Å². The van der Waals surface area contributed by atoms with E-state index in [1.165, 1.54) is 0 Å². The first-order chi connectivity index (χ1) is 11.2. The molecule has 1 amide bonds. The normalized spacial score (nSPS) is 21.9. The van der Waals surface area contributed by atoms with Gasteiger partial charge in [0.15, 0.2) is 0 Å². The Labute approximate surface area is 136 Å². The number of aromatic nitrogens is 1. The summed E-state index contributed by atoms with van der Waals surface area (Å²) in [5, 5.41) is 10.4. The molecule has 2 heterocycles. The fourth-order valence-corrected chi connectivity index (χ4v) is 3.16. The highest BCUT2D eigenvalue weighted by Gasteiger charge is 2.27. The molecule has 3 rings (SSSR count). The third-order valence-electron chi connectivity index (χ3n) is 4.59. The number of fused-ring (bicyclic) bond motifs is 1. The monoisotopic (exact) mass is 310 g/mol. The largest absolute Gasteiger partial charge is 0.396 e. The number of likely N-dealkylation sites (tertiary alicyclic amines) is 1. The maximum atomic E-state index is 12.5. The van der Waals surface area contributed by atoms with Crippen LogP contribution in [0.2, 0.25) is 0 Å². The first kappa shape index (κ1) is 15.7. The lowest BCUT2D eigenvalue weighted by atomic mass is 9.94. The van der Waals surface area contributed by atoms with Gasteiger partial charge < -0.3 is 10.0 Å². The highest BCUT2D eigenvalue weighted by molar-refractivity contribution is 5.95. The summed E-state index contributed by atoms with van der Waals surface area (Å²) in [4.78, 5) is 18.8. The van der Waals surface area contributed by atoms with E-state index in [0.29, 0.717) is 6.54 Å². The van der Waals surface area contributed by atoms with Gasteiger partial charge in [0, 0.05) is 42.4 Å². The van der Waals surface area contributed by atoms with Crippen molar-refractivity contribution < 1.29 is 9.90 Å². The first-order valence-electron chi connectivity index (χ1n) is 8.12. The minimum atomic E-state index is 0.00332. The van der Waals surface area contributed by atoms with Crippen molar-refractivity contribution in [2.75, 3.05) is 13.2 Å². The number of amides is 1. The van der Waals surface area contributed by atoms with E-state index in [9.17, 15) is 9.90 Å². The highest BCUT2D eigenvalue weighted by atomic mass is 16.3. The van der Waals surface area contributed by atoms with E-state index in [0.717, 1.165) is 29.3 Å². The maximum Gasteiger partial charge on any atom is 0.246 e. The van der Waals surface area contributed by atoms with E-state index in [-0.39, 0.29) is 24.5 Å². The minimum absolute atomic E-state index is 0.00332. The topological polar surface area (TPSA) is 53.4 Å². The number of hydrogen-bond acceptors (Lipinski definition) is 3. The van der Waals surface area contributed by atoms with Gasteiger partial charge in [0.1, 0.15) is 0 Å². The first-order valence-corrected chi connectivity index (χ1v) is 8.12. The average molecular weight is 310 g/mol. The van der Waals surface area contributed by atoms with E-state index < -0.39 is 0 Å². The number of para-hydroxylation sites is 1. The average Bonchev–Trinajstić information content (AvgIpc) is 2.60. The van der Waals surface area contributed by atoms with Gasteiger partial charge in [-0.05, 0) is 37.8 Å². The Morgan fingerprint density at radius 1 is 1.35 bits per heavy atom. The fourth-order valence-electron chi connectivity index (χ4n) is 3.16. The molecule has 120 valence electrons. The number of aliphatic hydroxyl groups excluding tert-OH is 1. The van der Waals surface area contributed by atoms with Gasteiger partial charge in [0.25, 0.3) is 0 Å². The highest BCUT2D eigenvalue weighted by Crippen LogP contribution is 2.22. The third-order valence-corrected chi connectivity index (χ3v) is 4.59. The van der Waals surface area contributed by atoms with Crippen molar-refractivity contribution >= 4 is 22.9 Å². The Kier molecular flexibility index (Phi) is 4.72. The third kappa shape index (κ3) is 3.42. The second kappa shape index (κ2) is 6.92. The Bertz CT molecular complexity index is 721. The molecule has 1 aromatic heterocycles. The summed E-state index contributed by atoms with van der Waals surface area (Å²) in [6.07, 6.45) is 7.16. The molecule has 2 aromatic rings. The van der Waals surface area contributed by atoms with Crippen LogP contribution in [-0.4, -0.2) is 40.1 Å². The molecule has 1 N–H and O–H groups in total. The SMILES string of the molecule is CC1CCC(CO)CN1C(=O)/C=C/c1cccc2cccnc12. The summed E-state index contributed by atoms with van der Waals surface area (Å²) < 4.78 is 0. The molecule has 4 nitrogen and oxygen atoms in total. The zero-order chi connectivity index (χ0) is 16.2. The van der Waals surface area contributed by atoms with Crippen molar-refractivity contribution in [2.24, 2.45) is 5.92 Å². The number of piperidine rings is 1. The molecule has 0 saturated carbocycles. The molecule has 1 fully saturated rings. The quantitative estimate of drug-likeness (QED) is 0.887. The predicted molar refractivity (Wildman–Crippen MR) is 91.8 cm³/mol. The zero-order valence-corrected chi connectivity index (χ0v) is 13.4. The predicted octanol–water partition coefficient (Wildman–Crippen LogP) is 2.87. The number of aliphatic hydroxyl groups is 1. The van der Waals surface area contributed by atoms with Gasteiger partial charge >= 0.3 is 0 Å². The Morgan fingerprint density at radius 3 is 3.00 bits per heavy atom. The van der Waals surface area contributed by atoms with Crippen LogP contribution in [0.3, 0.4) is 0 Å². The van der Waals surface area contributed by atoms with Gasteiger partial charge in [-0.1, -0.05) is 24.3 Å². The van der Waals surface area contributed by atoms with Crippen LogP contribution in [0.25, 0.3) is 17.0 Å². The molecule has 0 bridgehead atoms. The zero-order valence-electron chi connectivity index (χ0n) is 13.4. The van der Waals surface area contributed by atoms with E-state index in [2.05, 4.69) is 11.9 Å². The van der Waals surface area contributed by atoms with Crippen molar-refractivity contribution in [3.8, 4) is 0 Å². The van der Waals surface area contributed by atoms with Crippen molar-refractivity contribution in [3.05, 3.63) is 48.2 Å². The second-order valence-corrected chi connectivity index (χ2v) is 6.22. The molecule has 1 saturated heterocycles. The lowest BCUT2D eigenvalue weighted by Crippen LogP contribution is -2.45. The standard InChI is InChI=1S/C19H22N2O2/c1-14-7-8-15(13-22)12-21(14)18(23)10-9-17-5-2-4-16-6-3-11-20-19(16)17/h2-6,9-11,14-15,22H,7-8,12-13H2,1H3/b10-9+. The number of benzene rings is 1. The summed E-state index contributed by atoms with van der Waals surface area (Å²) in [5.74, 6) is 0.200. The second-order valence-electron chi connectivity index (χ2n) is 6.22. The molecule has 2 atom stereocenters. The van der Waals surface area contributed by atoms with E-state index in [1.807, 2.05) is 41.3 Å². The van der Waals surface area contributed by atoms with Gasteiger partial charge in [-0.2, -0.15) is 0 Å². The molecule has 0 radical (unpaired) electrons. The van der Waals surface area contributed by atoms with Crippen LogP contribution in [0.15, 0.2) is 42.6 Å². The fraction of sp³-hybridized carbons (Fsp3) is 0.368. The van der Waals surface area contributed by atoms with E-state index in [1.54, 1.807) is 12.3 Å². The van der Waals surface area contributed by atoms with Crippen molar-refractivity contribution in [3.63, 3.8) is 0 Å². The molecule has 0 aliphatic carbocycles. The lowest BCUT2D eigenvalue weighted by Gasteiger charge is -2.36. The number of carbonyl (C=O) groups is 1. The van der Waals surface area contributed by atoms with Gasteiger partial charge in [-0.3, -0.25) is 9.78 Å². The van der Waals surface area contributed by atoms with Gasteiger partial charge in [-0.15, -0.1) is 0 Å². The summed E-state index contributed by atoms with van der Waals surface area (Å²) in [6.45, 7) is 2.85. The van der Waals surface area contributed by atoms with Crippen LogP contribution < -0.4 is 0 Å². The molecule has 1 aliphatic heterocycles. The molecule has 1 aromatic carbocycles. The maximum absolute atomic E-state index is 12.5. The van der Waals surface area contributed by atoms with Crippen LogP contribution in [0, 0.1) is 5.92 Å². The number of nitrogens with zero attached hydrogens (tertiary/aromatic N) is 2. The van der Waals surface area contributed by atoms with Crippen LogP contribution in [0.4, 0.5) is 0 Å². The molecular weight excluding hydrogens is 288 g/mol. The molecule has 0 spiro atoms. The van der Waals surface area contributed by atoms with Crippen molar-refractivity contribution in [2.45, 2.75) is 25.8 Å². The number of carbonyl (C=O) groups excluding carboxylic acids is 1. The van der Waals surface area contributed by atoms with Crippen LogP contribution >= 0.6 is 0 Å². The van der Waals surface area contributed by atoms with Gasteiger partial charge in [-0.25, -0.2) is 0 Å². The van der Waals surface area contributed by atoms with Crippen molar-refractivity contribution in [1.82, 2.24) is 9.88 Å². The minimum Gasteiger partial charge on any atom is -0.396 e. The molecule has 1 aliphatic rings. The number of hydrogen-bond donors (Lipinski definition) is 1.